The molecule has 0 unspecified atom stereocenters. The van der Waals surface area contributed by atoms with E-state index in [1.54, 1.807) is 30.8 Å². The second-order valence-electron chi connectivity index (χ2n) is 4.50. The van der Waals surface area contributed by atoms with Gasteiger partial charge in [-0.15, -0.1) is 0 Å². The number of hydrogen-bond donors (Lipinski definition) is 1. The highest BCUT2D eigenvalue weighted by molar-refractivity contribution is 6.36. The van der Waals surface area contributed by atoms with Crippen molar-refractivity contribution in [1.82, 2.24) is 20.1 Å². The minimum Gasteiger partial charge on any atom is -0.342 e. The van der Waals surface area contributed by atoms with Gasteiger partial charge < -0.3 is 5.32 Å². The fraction of sp³-hybridized carbons (Fsp3) is 0.308. The van der Waals surface area contributed by atoms with E-state index in [-0.39, 0.29) is 11.9 Å². The van der Waals surface area contributed by atoms with Crippen molar-refractivity contribution in [3.8, 4) is 0 Å². The summed E-state index contributed by atoms with van der Waals surface area (Å²) in [6, 6.07) is 2.93. The Hall–Kier alpha value is -1.59. The van der Waals surface area contributed by atoms with Gasteiger partial charge in [0.15, 0.2) is 0 Å². The number of carbonyl (C=O) groups is 1. The van der Waals surface area contributed by atoms with Crippen LogP contribution in [0, 0.1) is 6.92 Å². The van der Waals surface area contributed by atoms with Gasteiger partial charge in [0.1, 0.15) is 12.2 Å². The summed E-state index contributed by atoms with van der Waals surface area (Å²) in [4.78, 5) is 16.3. The average Bonchev–Trinajstić information content (AvgIpc) is 2.81. The Bertz CT molecular complexity index is 631. The molecular formula is C13H14Cl2N4O. The molecule has 0 aliphatic carbocycles. The van der Waals surface area contributed by atoms with Gasteiger partial charge in [0.25, 0.3) is 5.91 Å². The number of halogens is 2. The van der Waals surface area contributed by atoms with Crippen molar-refractivity contribution in [3.63, 3.8) is 0 Å². The van der Waals surface area contributed by atoms with Crippen molar-refractivity contribution in [2.75, 3.05) is 0 Å². The molecule has 0 aliphatic heterocycles. The maximum absolute atomic E-state index is 12.2. The molecule has 1 N–H and O–H groups in total. The van der Waals surface area contributed by atoms with E-state index >= 15 is 0 Å². The first kappa shape index (κ1) is 14.8. The lowest BCUT2D eigenvalue weighted by Crippen LogP contribution is -2.28. The standard InChI is InChI=1S/C13H14Cl2N4O/c1-7-10(14)4-9(5-11(7)15)13(20)18-8(2)12-16-6-17-19(12)3/h4-6,8H,1-3H3,(H,18,20)/t8-/m0/s1. The molecule has 0 aliphatic rings. The molecule has 0 fully saturated rings. The largest absolute Gasteiger partial charge is 0.342 e. The first-order chi connectivity index (χ1) is 9.40. The van der Waals surface area contributed by atoms with E-state index in [0.29, 0.717) is 21.4 Å². The molecule has 2 rings (SSSR count). The molecule has 0 bridgehead atoms. The third kappa shape index (κ3) is 2.94. The number of nitrogens with one attached hydrogen (secondary N) is 1. The van der Waals surface area contributed by atoms with E-state index in [1.807, 2.05) is 6.92 Å². The molecule has 0 spiro atoms. The molecule has 0 saturated heterocycles. The zero-order valence-corrected chi connectivity index (χ0v) is 12.8. The van der Waals surface area contributed by atoms with Crippen LogP contribution in [0.5, 0.6) is 0 Å². The summed E-state index contributed by atoms with van der Waals surface area (Å²) in [6.45, 7) is 3.63. The third-order valence-electron chi connectivity index (χ3n) is 3.02. The lowest BCUT2D eigenvalue weighted by molar-refractivity contribution is 0.0937. The van der Waals surface area contributed by atoms with Gasteiger partial charge in [-0.2, -0.15) is 5.10 Å². The topological polar surface area (TPSA) is 59.8 Å². The van der Waals surface area contributed by atoms with E-state index in [0.717, 1.165) is 5.56 Å². The molecule has 0 saturated carbocycles. The molecule has 1 amide bonds. The molecule has 7 heteroatoms. The fourth-order valence-corrected chi connectivity index (χ4v) is 2.31. The predicted octanol–water partition coefficient (Wildman–Crippen LogP) is 2.92. The summed E-state index contributed by atoms with van der Waals surface area (Å²) in [5, 5.41) is 7.74. The molecule has 1 heterocycles. The van der Waals surface area contributed by atoms with E-state index < -0.39 is 0 Å². The fourth-order valence-electron chi connectivity index (χ4n) is 1.82. The smallest absolute Gasteiger partial charge is 0.251 e. The third-order valence-corrected chi connectivity index (χ3v) is 3.81. The van der Waals surface area contributed by atoms with Crippen molar-refractivity contribution in [1.29, 1.82) is 0 Å². The maximum Gasteiger partial charge on any atom is 0.251 e. The second kappa shape index (κ2) is 5.81. The number of aryl methyl sites for hydroxylation is 1. The summed E-state index contributed by atoms with van der Waals surface area (Å²) in [7, 11) is 1.77. The van der Waals surface area contributed by atoms with Crippen LogP contribution in [-0.4, -0.2) is 20.7 Å². The predicted molar refractivity (Wildman–Crippen MR) is 78.1 cm³/mol. The Kier molecular flexibility index (Phi) is 4.30. The number of rotatable bonds is 3. The highest BCUT2D eigenvalue weighted by Crippen LogP contribution is 2.25. The van der Waals surface area contributed by atoms with Gasteiger partial charge in [0.2, 0.25) is 0 Å². The van der Waals surface area contributed by atoms with Crippen LogP contribution in [0.1, 0.15) is 34.7 Å². The van der Waals surface area contributed by atoms with Crippen molar-refractivity contribution < 1.29 is 4.79 Å². The summed E-state index contributed by atoms with van der Waals surface area (Å²) in [5.41, 5.74) is 1.17. The lowest BCUT2D eigenvalue weighted by atomic mass is 10.1. The Balaban J connectivity index is 2.19. The maximum atomic E-state index is 12.2. The van der Waals surface area contributed by atoms with Gasteiger partial charge in [-0.05, 0) is 31.5 Å². The zero-order valence-electron chi connectivity index (χ0n) is 11.3. The number of nitrogens with zero attached hydrogens (tertiary/aromatic N) is 3. The van der Waals surface area contributed by atoms with E-state index in [1.165, 1.54) is 6.33 Å². The monoisotopic (exact) mass is 312 g/mol. The van der Waals surface area contributed by atoms with Gasteiger partial charge in [-0.1, -0.05) is 23.2 Å². The summed E-state index contributed by atoms with van der Waals surface area (Å²) in [5.74, 6) is 0.409. The minimum absolute atomic E-state index is 0.260. The molecule has 1 aromatic carbocycles. The first-order valence-corrected chi connectivity index (χ1v) is 6.76. The minimum atomic E-state index is -0.270. The molecule has 20 heavy (non-hydrogen) atoms. The molecule has 2 aromatic rings. The Morgan fingerprint density at radius 1 is 1.35 bits per heavy atom. The summed E-state index contributed by atoms with van der Waals surface area (Å²) < 4.78 is 1.61. The molecule has 106 valence electrons. The summed E-state index contributed by atoms with van der Waals surface area (Å²) in [6.07, 6.45) is 1.44. The van der Waals surface area contributed by atoms with Crippen molar-refractivity contribution in [2.45, 2.75) is 19.9 Å². The molecule has 0 radical (unpaired) electrons. The van der Waals surface area contributed by atoms with Crippen LogP contribution in [-0.2, 0) is 7.05 Å². The van der Waals surface area contributed by atoms with Crippen LogP contribution in [0.4, 0.5) is 0 Å². The van der Waals surface area contributed by atoms with Gasteiger partial charge >= 0.3 is 0 Å². The first-order valence-electron chi connectivity index (χ1n) is 6.00. The molecule has 1 atom stereocenters. The van der Waals surface area contributed by atoms with E-state index in [2.05, 4.69) is 15.4 Å². The van der Waals surface area contributed by atoms with Crippen molar-refractivity contribution in [3.05, 3.63) is 45.5 Å². The van der Waals surface area contributed by atoms with Crippen LogP contribution in [0.2, 0.25) is 10.0 Å². The SMILES string of the molecule is Cc1c(Cl)cc(C(=O)N[C@@H](C)c2ncnn2C)cc1Cl. The quantitative estimate of drug-likeness (QED) is 0.948. The molecule has 1 aromatic heterocycles. The van der Waals surface area contributed by atoms with Crippen molar-refractivity contribution >= 4 is 29.1 Å². The molecule has 5 nitrogen and oxygen atoms in total. The number of benzene rings is 1. The van der Waals surface area contributed by atoms with E-state index in [9.17, 15) is 4.79 Å². The van der Waals surface area contributed by atoms with Crippen LogP contribution in [0.25, 0.3) is 0 Å². The van der Waals surface area contributed by atoms with Crippen LogP contribution in [0.15, 0.2) is 18.5 Å². The second-order valence-corrected chi connectivity index (χ2v) is 5.32. The van der Waals surface area contributed by atoms with Gasteiger partial charge in [0, 0.05) is 22.7 Å². The van der Waals surface area contributed by atoms with Gasteiger partial charge in [-0.3, -0.25) is 9.48 Å². The highest BCUT2D eigenvalue weighted by Gasteiger charge is 2.16. The molecular weight excluding hydrogens is 299 g/mol. The Morgan fingerprint density at radius 2 is 1.95 bits per heavy atom. The number of hydrogen-bond acceptors (Lipinski definition) is 3. The highest BCUT2D eigenvalue weighted by atomic mass is 35.5. The average molecular weight is 313 g/mol. The van der Waals surface area contributed by atoms with Crippen LogP contribution >= 0.6 is 23.2 Å². The van der Waals surface area contributed by atoms with Crippen LogP contribution < -0.4 is 5.32 Å². The number of amides is 1. The Labute approximate surface area is 126 Å². The normalized spacial score (nSPS) is 12.2. The number of carbonyl (C=O) groups excluding carboxylic acids is 1. The van der Waals surface area contributed by atoms with Crippen LogP contribution in [0.3, 0.4) is 0 Å². The zero-order chi connectivity index (χ0) is 14.9. The number of aromatic nitrogens is 3. The lowest BCUT2D eigenvalue weighted by Gasteiger charge is -2.13. The Morgan fingerprint density at radius 3 is 2.45 bits per heavy atom. The van der Waals surface area contributed by atoms with Gasteiger partial charge in [0.05, 0.1) is 6.04 Å². The summed E-state index contributed by atoms with van der Waals surface area (Å²) >= 11 is 12.1. The van der Waals surface area contributed by atoms with Crippen molar-refractivity contribution in [2.24, 2.45) is 7.05 Å². The van der Waals surface area contributed by atoms with Gasteiger partial charge in [-0.25, -0.2) is 4.98 Å². The van der Waals surface area contributed by atoms with E-state index in [4.69, 9.17) is 23.2 Å².